The molecule has 4 N–H and O–H groups in total. The number of carbonyl (C=O) groups excluding carboxylic acids is 2. The Kier molecular flexibility index (Phi) is 4.65. The molecule has 0 bridgehead atoms. The highest BCUT2D eigenvalue weighted by molar-refractivity contribution is 6.10. The Bertz CT molecular complexity index is 992. The number of anilines is 1. The molecule has 28 heavy (non-hydrogen) atoms. The largest absolute Gasteiger partial charge is 0.384 e. The Labute approximate surface area is 164 Å². The zero-order chi connectivity index (χ0) is 19.8. The molecule has 2 aliphatic rings. The summed E-state index contributed by atoms with van der Waals surface area (Å²) in [5, 5.41) is 4.70. The van der Waals surface area contributed by atoms with Gasteiger partial charge < -0.3 is 11.1 Å². The first-order chi connectivity index (χ1) is 13.4. The van der Waals surface area contributed by atoms with Crippen molar-refractivity contribution in [1.82, 2.24) is 10.7 Å². The summed E-state index contributed by atoms with van der Waals surface area (Å²) in [7, 11) is 0. The Morgan fingerprint density at radius 3 is 2.61 bits per heavy atom. The SMILES string of the molecule is Cc1cccc(C(=O)C2=C(N)N(c3cc(C(=O)NC4CC4)ccc3C)NC2)c1. The van der Waals surface area contributed by atoms with Crippen molar-refractivity contribution >= 4 is 17.4 Å². The van der Waals surface area contributed by atoms with Gasteiger partial charge in [-0.15, -0.1) is 0 Å². The number of rotatable bonds is 5. The summed E-state index contributed by atoms with van der Waals surface area (Å²) in [5.74, 6) is 0.201. The summed E-state index contributed by atoms with van der Waals surface area (Å²) in [6.45, 7) is 4.25. The predicted molar refractivity (Wildman–Crippen MR) is 109 cm³/mol. The lowest BCUT2D eigenvalue weighted by Gasteiger charge is -2.22. The third kappa shape index (κ3) is 3.51. The van der Waals surface area contributed by atoms with E-state index >= 15 is 0 Å². The van der Waals surface area contributed by atoms with Crippen molar-refractivity contribution in [3.8, 4) is 0 Å². The second kappa shape index (κ2) is 7.13. The molecular formula is C22H24N4O2. The second-order valence-electron chi connectivity index (χ2n) is 7.48. The van der Waals surface area contributed by atoms with E-state index in [0.717, 1.165) is 29.7 Å². The van der Waals surface area contributed by atoms with E-state index < -0.39 is 0 Å². The molecule has 4 rings (SSSR count). The van der Waals surface area contributed by atoms with Crippen LogP contribution in [-0.2, 0) is 0 Å². The van der Waals surface area contributed by atoms with Crippen molar-refractivity contribution in [2.45, 2.75) is 32.7 Å². The molecule has 2 aromatic rings. The van der Waals surface area contributed by atoms with Crippen LogP contribution in [0.4, 0.5) is 5.69 Å². The van der Waals surface area contributed by atoms with Crippen molar-refractivity contribution in [3.05, 3.63) is 76.1 Å². The molecule has 1 aliphatic carbocycles. The number of ketones is 1. The van der Waals surface area contributed by atoms with E-state index in [2.05, 4.69) is 10.7 Å². The second-order valence-corrected chi connectivity index (χ2v) is 7.48. The highest BCUT2D eigenvalue weighted by Gasteiger charge is 2.29. The van der Waals surface area contributed by atoms with Gasteiger partial charge in [0, 0.05) is 23.7 Å². The quantitative estimate of drug-likeness (QED) is 0.698. The third-order valence-electron chi connectivity index (χ3n) is 5.14. The lowest BCUT2D eigenvalue weighted by molar-refractivity contribution is 0.0950. The number of hydrogen-bond acceptors (Lipinski definition) is 5. The minimum Gasteiger partial charge on any atom is -0.384 e. The average Bonchev–Trinajstić information content (AvgIpc) is 3.41. The standard InChI is InChI=1S/C22H24N4O2/c1-13-4-3-5-15(10-13)20(27)18-12-24-26(21(18)23)19-11-16(7-6-14(19)2)22(28)25-17-8-9-17/h3-7,10-11,17,24H,8-9,12,23H2,1-2H3,(H,25,28). The minimum absolute atomic E-state index is 0.0819. The molecule has 0 atom stereocenters. The number of nitrogens with two attached hydrogens (primary N) is 1. The fraction of sp³-hybridized carbons (Fsp3) is 0.273. The Morgan fingerprint density at radius 1 is 1.11 bits per heavy atom. The van der Waals surface area contributed by atoms with Gasteiger partial charge in [-0.25, -0.2) is 5.43 Å². The van der Waals surface area contributed by atoms with E-state index in [1.54, 1.807) is 11.1 Å². The van der Waals surface area contributed by atoms with Gasteiger partial charge in [0.05, 0.1) is 11.3 Å². The topological polar surface area (TPSA) is 87.5 Å². The molecule has 1 saturated carbocycles. The highest BCUT2D eigenvalue weighted by atomic mass is 16.1. The van der Waals surface area contributed by atoms with Crippen molar-refractivity contribution in [2.75, 3.05) is 11.6 Å². The lowest BCUT2D eigenvalue weighted by Crippen LogP contribution is -2.35. The van der Waals surface area contributed by atoms with Crippen molar-refractivity contribution in [1.29, 1.82) is 0 Å². The van der Waals surface area contributed by atoms with Gasteiger partial charge in [-0.05, 0) is 50.5 Å². The smallest absolute Gasteiger partial charge is 0.251 e. The summed E-state index contributed by atoms with van der Waals surface area (Å²) in [6, 6.07) is 13.3. The van der Waals surface area contributed by atoms with Gasteiger partial charge in [0.15, 0.2) is 5.78 Å². The number of nitrogens with zero attached hydrogens (tertiary/aromatic N) is 1. The van der Waals surface area contributed by atoms with Crippen LogP contribution in [0.25, 0.3) is 0 Å². The molecule has 0 aromatic heterocycles. The van der Waals surface area contributed by atoms with Crippen LogP contribution in [0.15, 0.2) is 53.9 Å². The first-order valence-corrected chi connectivity index (χ1v) is 9.49. The summed E-state index contributed by atoms with van der Waals surface area (Å²) in [5.41, 5.74) is 14.0. The first-order valence-electron chi connectivity index (χ1n) is 9.49. The summed E-state index contributed by atoms with van der Waals surface area (Å²) < 4.78 is 0. The van der Waals surface area contributed by atoms with Gasteiger partial charge in [-0.1, -0.05) is 29.8 Å². The molecule has 0 unspecified atom stereocenters. The molecule has 0 spiro atoms. The van der Waals surface area contributed by atoms with Gasteiger partial charge in [-0.3, -0.25) is 14.6 Å². The van der Waals surface area contributed by atoms with E-state index in [-0.39, 0.29) is 11.7 Å². The van der Waals surface area contributed by atoms with E-state index in [1.165, 1.54) is 0 Å². The number of amides is 1. The molecule has 6 heteroatoms. The number of nitrogens with one attached hydrogen (secondary N) is 2. The maximum absolute atomic E-state index is 12.9. The van der Waals surface area contributed by atoms with Gasteiger partial charge in [-0.2, -0.15) is 0 Å². The molecule has 0 radical (unpaired) electrons. The third-order valence-corrected chi connectivity index (χ3v) is 5.14. The van der Waals surface area contributed by atoms with Crippen LogP contribution < -0.4 is 21.5 Å². The van der Waals surface area contributed by atoms with Crippen molar-refractivity contribution in [3.63, 3.8) is 0 Å². The van der Waals surface area contributed by atoms with Crippen LogP contribution in [-0.4, -0.2) is 24.3 Å². The van der Waals surface area contributed by atoms with Crippen LogP contribution >= 0.6 is 0 Å². The number of carbonyl (C=O) groups is 2. The summed E-state index contributed by atoms with van der Waals surface area (Å²) in [6.07, 6.45) is 2.08. The monoisotopic (exact) mass is 376 g/mol. The zero-order valence-corrected chi connectivity index (χ0v) is 16.1. The first kappa shape index (κ1) is 18.3. The van der Waals surface area contributed by atoms with E-state index in [0.29, 0.717) is 35.1 Å². The maximum atomic E-state index is 12.9. The number of hydrazine groups is 1. The highest BCUT2D eigenvalue weighted by Crippen LogP contribution is 2.28. The van der Waals surface area contributed by atoms with E-state index in [1.807, 2.05) is 50.2 Å². The van der Waals surface area contributed by atoms with E-state index in [9.17, 15) is 9.59 Å². The fourth-order valence-corrected chi connectivity index (χ4v) is 3.33. The van der Waals surface area contributed by atoms with Gasteiger partial charge in [0.25, 0.3) is 5.91 Å². The number of hydrogen-bond donors (Lipinski definition) is 3. The average molecular weight is 376 g/mol. The Balaban J connectivity index is 1.62. The van der Waals surface area contributed by atoms with Crippen LogP contribution in [0.1, 0.15) is 44.7 Å². The van der Waals surface area contributed by atoms with Gasteiger partial charge in [0.1, 0.15) is 5.82 Å². The molecule has 1 aliphatic heterocycles. The van der Waals surface area contributed by atoms with Crippen molar-refractivity contribution in [2.24, 2.45) is 5.73 Å². The van der Waals surface area contributed by atoms with Gasteiger partial charge >= 0.3 is 0 Å². The molecule has 1 fully saturated rings. The number of aryl methyl sites for hydroxylation is 2. The predicted octanol–water partition coefficient (Wildman–Crippen LogP) is 2.57. The van der Waals surface area contributed by atoms with E-state index in [4.69, 9.17) is 5.73 Å². The van der Waals surface area contributed by atoms with Gasteiger partial charge in [0.2, 0.25) is 0 Å². The van der Waals surface area contributed by atoms with Crippen LogP contribution in [0.2, 0.25) is 0 Å². The molecule has 0 saturated heterocycles. The molecule has 2 aromatic carbocycles. The maximum Gasteiger partial charge on any atom is 0.251 e. The fourth-order valence-electron chi connectivity index (χ4n) is 3.33. The molecule has 144 valence electrons. The minimum atomic E-state index is -0.0866. The molecular weight excluding hydrogens is 352 g/mol. The summed E-state index contributed by atoms with van der Waals surface area (Å²) in [4.78, 5) is 25.3. The molecule has 1 heterocycles. The van der Waals surface area contributed by atoms with Crippen molar-refractivity contribution < 1.29 is 9.59 Å². The zero-order valence-electron chi connectivity index (χ0n) is 16.1. The molecule has 1 amide bonds. The van der Waals surface area contributed by atoms with Crippen LogP contribution in [0.3, 0.4) is 0 Å². The van der Waals surface area contributed by atoms with Crippen LogP contribution in [0, 0.1) is 13.8 Å². The summed E-state index contributed by atoms with van der Waals surface area (Å²) >= 11 is 0. The van der Waals surface area contributed by atoms with Crippen LogP contribution in [0.5, 0.6) is 0 Å². The normalized spacial score (nSPS) is 16.4. The Hall–Kier alpha value is -3.12. The lowest BCUT2D eigenvalue weighted by atomic mass is 10.0. The molecule has 6 nitrogen and oxygen atoms in total. The Morgan fingerprint density at radius 2 is 1.89 bits per heavy atom. The number of Topliss-reactive ketones (excluding diaryl/α,β-unsaturated/α-hetero) is 1. The number of benzene rings is 2.